The van der Waals surface area contributed by atoms with Gasteiger partial charge < -0.3 is 31.9 Å². The highest BCUT2D eigenvalue weighted by atomic mass is 16.4. The molecule has 0 spiro atoms. The first-order valence-corrected chi connectivity index (χ1v) is 10.8. The van der Waals surface area contributed by atoms with Gasteiger partial charge in [-0.15, -0.1) is 0 Å². The molecule has 0 aliphatic rings. The molecule has 7 N–H and O–H groups in total. The second kappa shape index (κ2) is 11.0. The van der Waals surface area contributed by atoms with Gasteiger partial charge in [0.15, 0.2) is 17.0 Å². The molecule has 1 atom stereocenters. The summed E-state index contributed by atoms with van der Waals surface area (Å²) in [6.07, 6.45) is 0.991. The SMILES string of the molecule is CC(C)Nc1nc(N)c2nc(CNc3ccc(C(=O)N[C@@H](CCC(=O)O)C(=O)O)cc3)cnc2n1. The lowest BCUT2D eigenvalue weighted by Crippen LogP contribution is -2.41. The molecule has 2 heterocycles. The van der Waals surface area contributed by atoms with Crippen LogP contribution in [0.25, 0.3) is 11.2 Å². The van der Waals surface area contributed by atoms with Crippen molar-refractivity contribution in [3.8, 4) is 0 Å². The number of anilines is 3. The third kappa shape index (κ3) is 6.96. The highest BCUT2D eigenvalue weighted by molar-refractivity contribution is 5.97. The number of amides is 1. The zero-order valence-electron chi connectivity index (χ0n) is 19.1. The topological polar surface area (TPSA) is 205 Å². The molecule has 0 radical (unpaired) electrons. The van der Waals surface area contributed by atoms with E-state index in [1.54, 1.807) is 18.3 Å². The second-order valence-corrected chi connectivity index (χ2v) is 7.99. The Morgan fingerprint density at radius 1 is 1.06 bits per heavy atom. The fourth-order valence-corrected chi connectivity index (χ4v) is 3.07. The Balaban J connectivity index is 1.62. The number of aliphatic carboxylic acids is 2. The Hall–Kier alpha value is -4.55. The van der Waals surface area contributed by atoms with Crippen molar-refractivity contribution in [2.75, 3.05) is 16.4 Å². The minimum atomic E-state index is -1.30. The molecule has 0 saturated carbocycles. The zero-order chi connectivity index (χ0) is 25.5. The van der Waals surface area contributed by atoms with Gasteiger partial charge in [-0.2, -0.15) is 9.97 Å². The maximum absolute atomic E-state index is 12.3. The van der Waals surface area contributed by atoms with Crippen LogP contribution in [-0.2, 0) is 16.1 Å². The van der Waals surface area contributed by atoms with Crippen molar-refractivity contribution in [2.24, 2.45) is 0 Å². The summed E-state index contributed by atoms with van der Waals surface area (Å²) in [5.74, 6) is -2.46. The molecule has 13 nitrogen and oxygen atoms in total. The largest absolute Gasteiger partial charge is 0.481 e. The van der Waals surface area contributed by atoms with Gasteiger partial charge in [-0.3, -0.25) is 9.59 Å². The number of fused-ring (bicyclic) bond motifs is 1. The number of carbonyl (C=O) groups excluding carboxylic acids is 1. The van der Waals surface area contributed by atoms with Crippen LogP contribution in [0.4, 0.5) is 17.5 Å². The van der Waals surface area contributed by atoms with E-state index in [0.717, 1.165) is 0 Å². The van der Waals surface area contributed by atoms with E-state index in [-0.39, 0.29) is 30.3 Å². The zero-order valence-corrected chi connectivity index (χ0v) is 19.1. The number of carboxylic acid groups (broad SMARTS) is 2. The molecule has 0 unspecified atom stereocenters. The molecule has 35 heavy (non-hydrogen) atoms. The maximum atomic E-state index is 12.3. The molecule has 1 aromatic carbocycles. The first kappa shape index (κ1) is 25.1. The van der Waals surface area contributed by atoms with Gasteiger partial charge in [-0.25, -0.2) is 14.8 Å². The fraction of sp³-hybridized carbons (Fsp3) is 0.318. The second-order valence-electron chi connectivity index (χ2n) is 7.99. The molecule has 0 bridgehead atoms. The van der Waals surface area contributed by atoms with Crippen LogP contribution >= 0.6 is 0 Å². The number of nitrogens with one attached hydrogen (secondary N) is 3. The van der Waals surface area contributed by atoms with Crippen molar-refractivity contribution in [2.45, 2.75) is 45.3 Å². The number of nitrogens with two attached hydrogens (primary N) is 1. The van der Waals surface area contributed by atoms with Crippen LogP contribution in [0.5, 0.6) is 0 Å². The van der Waals surface area contributed by atoms with E-state index in [1.807, 2.05) is 13.8 Å². The maximum Gasteiger partial charge on any atom is 0.326 e. The van der Waals surface area contributed by atoms with Gasteiger partial charge in [0.05, 0.1) is 18.4 Å². The van der Waals surface area contributed by atoms with Gasteiger partial charge in [0, 0.05) is 23.7 Å². The summed E-state index contributed by atoms with van der Waals surface area (Å²) >= 11 is 0. The quantitative estimate of drug-likeness (QED) is 0.230. The highest BCUT2D eigenvalue weighted by Crippen LogP contribution is 2.17. The molecule has 0 aliphatic heterocycles. The molecule has 13 heteroatoms. The van der Waals surface area contributed by atoms with E-state index < -0.39 is 23.9 Å². The minimum absolute atomic E-state index is 0.135. The number of hydrogen-bond donors (Lipinski definition) is 6. The lowest BCUT2D eigenvalue weighted by molar-refractivity contribution is -0.140. The van der Waals surface area contributed by atoms with E-state index in [4.69, 9.17) is 10.8 Å². The minimum Gasteiger partial charge on any atom is -0.481 e. The van der Waals surface area contributed by atoms with Crippen LogP contribution in [0.15, 0.2) is 30.5 Å². The van der Waals surface area contributed by atoms with Gasteiger partial charge in [-0.1, -0.05) is 0 Å². The van der Waals surface area contributed by atoms with Crippen molar-refractivity contribution in [3.63, 3.8) is 0 Å². The van der Waals surface area contributed by atoms with Crippen LogP contribution < -0.4 is 21.7 Å². The molecule has 2 aromatic heterocycles. The average Bonchev–Trinajstić information content (AvgIpc) is 2.80. The van der Waals surface area contributed by atoms with E-state index >= 15 is 0 Å². The van der Waals surface area contributed by atoms with Gasteiger partial charge in [-0.05, 0) is 44.5 Å². The van der Waals surface area contributed by atoms with Crippen molar-refractivity contribution >= 4 is 46.5 Å². The average molecular weight is 483 g/mol. The van der Waals surface area contributed by atoms with Gasteiger partial charge >= 0.3 is 11.9 Å². The predicted molar refractivity (Wildman–Crippen MR) is 128 cm³/mol. The van der Waals surface area contributed by atoms with Crippen molar-refractivity contribution < 1.29 is 24.6 Å². The summed E-state index contributed by atoms with van der Waals surface area (Å²) in [5.41, 5.74) is 8.31. The Morgan fingerprint density at radius 2 is 1.77 bits per heavy atom. The molecule has 0 saturated heterocycles. The molecular formula is C22H26N8O5. The summed E-state index contributed by atoms with van der Waals surface area (Å²) in [6.45, 7) is 4.23. The third-order valence-electron chi connectivity index (χ3n) is 4.77. The van der Waals surface area contributed by atoms with Crippen LogP contribution in [0.1, 0.15) is 42.7 Å². The number of rotatable bonds is 11. The van der Waals surface area contributed by atoms with Gasteiger partial charge in [0.1, 0.15) is 6.04 Å². The van der Waals surface area contributed by atoms with Crippen LogP contribution in [0, 0.1) is 0 Å². The predicted octanol–water partition coefficient (Wildman–Crippen LogP) is 1.48. The Morgan fingerprint density at radius 3 is 2.40 bits per heavy atom. The normalized spacial score (nSPS) is 11.7. The summed E-state index contributed by atoms with van der Waals surface area (Å²) in [5, 5.41) is 26.5. The fourth-order valence-electron chi connectivity index (χ4n) is 3.07. The molecule has 3 aromatic rings. The lowest BCUT2D eigenvalue weighted by Gasteiger charge is -2.14. The third-order valence-corrected chi connectivity index (χ3v) is 4.77. The van der Waals surface area contributed by atoms with Crippen molar-refractivity contribution in [3.05, 3.63) is 41.7 Å². The number of hydrogen-bond acceptors (Lipinski definition) is 10. The Labute approximate surface area is 200 Å². The molecule has 0 fully saturated rings. The van der Waals surface area contributed by atoms with E-state index in [1.165, 1.54) is 12.1 Å². The van der Waals surface area contributed by atoms with Crippen molar-refractivity contribution in [1.29, 1.82) is 0 Å². The van der Waals surface area contributed by atoms with Gasteiger partial charge in [0.25, 0.3) is 5.91 Å². The summed E-state index contributed by atoms with van der Waals surface area (Å²) in [6, 6.07) is 5.19. The molecule has 3 rings (SSSR count). The lowest BCUT2D eigenvalue weighted by atomic mass is 10.1. The highest BCUT2D eigenvalue weighted by Gasteiger charge is 2.21. The molecular weight excluding hydrogens is 456 g/mol. The number of benzene rings is 1. The number of carbonyl (C=O) groups is 3. The summed E-state index contributed by atoms with van der Waals surface area (Å²) in [7, 11) is 0. The first-order valence-electron chi connectivity index (χ1n) is 10.8. The Bertz CT molecular complexity index is 1230. The van der Waals surface area contributed by atoms with E-state index in [2.05, 4.69) is 35.9 Å². The van der Waals surface area contributed by atoms with Crippen LogP contribution in [0.3, 0.4) is 0 Å². The van der Waals surface area contributed by atoms with E-state index in [0.29, 0.717) is 35.0 Å². The standard InChI is InChI=1S/C22H26N8O5/c1-11(2)26-22-29-18(23)17-19(30-22)25-10-14(27-17)9-24-13-5-3-12(4-6-13)20(33)28-15(21(34)35)7-8-16(31)32/h3-6,10-11,15,24H,7-9H2,1-2H3,(H,28,33)(H,31,32)(H,34,35)(H3,23,25,26,29,30)/t15-/m0/s1. The van der Waals surface area contributed by atoms with Gasteiger partial charge in [0.2, 0.25) is 5.95 Å². The summed E-state index contributed by atoms with van der Waals surface area (Å²) in [4.78, 5) is 51.6. The number of nitrogens with zero attached hydrogens (tertiary/aromatic N) is 4. The van der Waals surface area contributed by atoms with E-state index in [9.17, 15) is 19.5 Å². The summed E-state index contributed by atoms with van der Waals surface area (Å²) < 4.78 is 0. The molecule has 184 valence electrons. The number of carboxylic acids is 2. The van der Waals surface area contributed by atoms with Crippen molar-refractivity contribution in [1.82, 2.24) is 25.3 Å². The first-order chi connectivity index (χ1) is 16.6. The number of nitrogen functional groups attached to an aromatic ring is 1. The monoisotopic (exact) mass is 482 g/mol. The molecule has 1 amide bonds. The van der Waals surface area contributed by atoms with Crippen LogP contribution in [0.2, 0.25) is 0 Å². The Kier molecular flexibility index (Phi) is 7.92. The molecule has 0 aliphatic carbocycles. The number of aromatic nitrogens is 4. The van der Waals surface area contributed by atoms with Crippen LogP contribution in [-0.4, -0.2) is 60.1 Å². The smallest absolute Gasteiger partial charge is 0.326 e.